The van der Waals surface area contributed by atoms with Crippen molar-refractivity contribution in [3.05, 3.63) is 107 Å². The van der Waals surface area contributed by atoms with Gasteiger partial charge in [0.15, 0.2) is 6.10 Å². The summed E-state index contributed by atoms with van der Waals surface area (Å²) in [6, 6.07) is 26.9. The van der Waals surface area contributed by atoms with E-state index in [-0.39, 0.29) is 11.5 Å². The van der Waals surface area contributed by atoms with Crippen LogP contribution in [-0.2, 0) is 4.79 Å². The number of ether oxygens (including phenoxy) is 2. The molecule has 0 aliphatic heterocycles. The van der Waals surface area contributed by atoms with Crippen LogP contribution in [0.5, 0.6) is 11.5 Å². The Labute approximate surface area is 201 Å². The second kappa shape index (κ2) is 10.6. The van der Waals surface area contributed by atoms with Crippen LogP contribution in [0.4, 0.5) is 0 Å². The molecule has 0 saturated heterocycles. The van der Waals surface area contributed by atoms with Crippen molar-refractivity contribution in [2.45, 2.75) is 13.0 Å². The Kier molecular flexibility index (Phi) is 7.20. The van der Waals surface area contributed by atoms with Crippen molar-refractivity contribution in [2.24, 2.45) is 5.10 Å². The average molecular weight is 473 g/mol. The number of hydrazone groups is 1. The molecule has 0 fully saturated rings. The van der Waals surface area contributed by atoms with Crippen molar-refractivity contribution in [1.29, 1.82) is 0 Å². The van der Waals surface area contributed by atoms with Gasteiger partial charge in [0.05, 0.1) is 16.8 Å². The number of nitrogens with one attached hydrogen (secondary N) is 1. The highest BCUT2D eigenvalue weighted by molar-refractivity contribution is 6.33. The maximum Gasteiger partial charge on any atom is 0.345 e. The summed E-state index contributed by atoms with van der Waals surface area (Å²) in [5.41, 5.74) is 3.48. The maximum absolute atomic E-state index is 12.4. The molecule has 170 valence electrons. The third-order valence-corrected chi connectivity index (χ3v) is 5.32. The Morgan fingerprint density at radius 2 is 1.62 bits per heavy atom. The van der Waals surface area contributed by atoms with Crippen molar-refractivity contribution in [3.8, 4) is 11.5 Å². The monoisotopic (exact) mass is 472 g/mol. The van der Waals surface area contributed by atoms with Gasteiger partial charge in [0.2, 0.25) is 0 Å². The van der Waals surface area contributed by atoms with Crippen molar-refractivity contribution in [2.75, 3.05) is 0 Å². The summed E-state index contributed by atoms with van der Waals surface area (Å²) in [5, 5.41) is 6.28. The quantitative estimate of drug-likeness (QED) is 0.164. The number of nitrogens with zero attached hydrogens (tertiary/aromatic N) is 1. The number of fused-ring (bicyclic) bond motifs is 1. The molecule has 6 nitrogen and oxygen atoms in total. The van der Waals surface area contributed by atoms with Crippen molar-refractivity contribution in [1.82, 2.24) is 5.43 Å². The Morgan fingerprint density at radius 1 is 0.912 bits per heavy atom. The molecule has 0 heterocycles. The number of carbonyl (C=O) groups excluding carboxylic acids is 2. The van der Waals surface area contributed by atoms with Crippen LogP contribution in [0.3, 0.4) is 0 Å². The molecule has 0 saturated carbocycles. The number of halogens is 1. The zero-order valence-corrected chi connectivity index (χ0v) is 19.0. The number of carbonyl (C=O) groups is 2. The van der Waals surface area contributed by atoms with Crippen LogP contribution < -0.4 is 14.9 Å². The highest BCUT2D eigenvalue weighted by Crippen LogP contribution is 2.26. The zero-order chi connectivity index (χ0) is 23.9. The second-order valence-corrected chi connectivity index (χ2v) is 7.82. The van der Waals surface area contributed by atoms with Gasteiger partial charge in [-0.05, 0) is 60.3 Å². The highest BCUT2D eigenvalue weighted by atomic mass is 35.5. The lowest BCUT2D eigenvalue weighted by Gasteiger charge is -2.14. The first-order chi connectivity index (χ1) is 16.5. The van der Waals surface area contributed by atoms with E-state index in [9.17, 15) is 9.59 Å². The third-order valence-electron chi connectivity index (χ3n) is 5.00. The number of esters is 1. The molecule has 0 aliphatic carbocycles. The number of amides is 1. The first-order valence-electron chi connectivity index (χ1n) is 10.6. The summed E-state index contributed by atoms with van der Waals surface area (Å²) in [7, 11) is 0. The minimum atomic E-state index is -0.741. The van der Waals surface area contributed by atoms with Gasteiger partial charge in [-0.25, -0.2) is 10.2 Å². The Bertz CT molecular complexity index is 1350. The first kappa shape index (κ1) is 23.0. The van der Waals surface area contributed by atoms with Crippen LogP contribution in [0.25, 0.3) is 10.8 Å². The summed E-state index contributed by atoms with van der Waals surface area (Å²) < 4.78 is 11.2. The van der Waals surface area contributed by atoms with Crippen LogP contribution in [0.15, 0.2) is 96.1 Å². The lowest BCUT2D eigenvalue weighted by Crippen LogP contribution is -2.33. The largest absolute Gasteiger partial charge is 0.480 e. The maximum atomic E-state index is 12.4. The van der Waals surface area contributed by atoms with Gasteiger partial charge in [-0.1, -0.05) is 60.1 Å². The predicted molar refractivity (Wildman–Crippen MR) is 133 cm³/mol. The molecule has 1 N–H and O–H groups in total. The zero-order valence-electron chi connectivity index (χ0n) is 18.3. The third kappa shape index (κ3) is 5.60. The first-order valence-corrected chi connectivity index (χ1v) is 10.9. The van der Waals surface area contributed by atoms with Crippen molar-refractivity contribution >= 4 is 40.5 Å². The summed E-state index contributed by atoms with van der Waals surface area (Å²) in [5.74, 6) is 0.0730. The van der Waals surface area contributed by atoms with Crippen LogP contribution in [0.1, 0.15) is 22.8 Å². The second-order valence-electron chi connectivity index (χ2n) is 7.41. The predicted octanol–water partition coefficient (Wildman–Crippen LogP) is 5.63. The molecule has 4 aromatic rings. The van der Waals surface area contributed by atoms with E-state index >= 15 is 0 Å². The van der Waals surface area contributed by atoms with Gasteiger partial charge >= 0.3 is 5.97 Å². The number of hydrogen-bond acceptors (Lipinski definition) is 5. The number of hydrogen-bond donors (Lipinski definition) is 1. The normalized spacial score (nSPS) is 11.8. The van der Waals surface area contributed by atoms with Crippen LogP contribution in [0, 0.1) is 0 Å². The Morgan fingerprint density at radius 3 is 2.41 bits per heavy atom. The molecular weight excluding hydrogens is 452 g/mol. The molecule has 0 spiro atoms. The molecule has 0 radical (unpaired) electrons. The SMILES string of the molecule is CC(Oc1cccc2ccccc12)C(=O)NN=Cc1ccc(OC(=O)c2ccccc2Cl)cc1. The van der Waals surface area contributed by atoms with Gasteiger partial charge in [0.25, 0.3) is 5.91 Å². The molecule has 0 aliphatic rings. The van der Waals surface area contributed by atoms with E-state index in [0.717, 1.165) is 10.8 Å². The molecule has 4 rings (SSSR count). The van der Waals surface area contributed by atoms with E-state index in [2.05, 4.69) is 10.5 Å². The molecule has 7 heteroatoms. The molecule has 1 atom stereocenters. The highest BCUT2D eigenvalue weighted by Gasteiger charge is 2.15. The summed E-state index contributed by atoms with van der Waals surface area (Å²) in [4.78, 5) is 24.6. The number of benzene rings is 4. The van der Waals surface area contributed by atoms with E-state index in [1.54, 1.807) is 55.5 Å². The fraction of sp³-hybridized carbons (Fsp3) is 0.0741. The molecule has 1 amide bonds. The van der Waals surface area contributed by atoms with Crippen LogP contribution >= 0.6 is 11.6 Å². The average Bonchev–Trinajstić information content (AvgIpc) is 2.85. The Hall–Kier alpha value is -4.16. The Balaban J connectivity index is 1.31. The van der Waals surface area contributed by atoms with E-state index in [1.165, 1.54) is 6.21 Å². The molecular formula is C27H21ClN2O4. The molecule has 0 aromatic heterocycles. The molecule has 34 heavy (non-hydrogen) atoms. The van der Waals surface area contributed by atoms with Crippen molar-refractivity contribution in [3.63, 3.8) is 0 Å². The van der Waals surface area contributed by atoms with Gasteiger partial charge in [-0.3, -0.25) is 4.79 Å². The standard InChI is InChI=1S/C27H21ClN2O4/c1-18(33-25-12-6-8-20-7-2-3-9-22(20)25)26(31)30-29-17-19-13-15-21(16-14-19)34-27(32)23-10-4-5-11-24(23)28/h2-18H,1H3,(H,30,31). The summed E-state index contributed by atoms with van der Waals surface area (Å²) in [6.07, 6.45) is 0.747. The van der Waals surface area contributed by atoms with Gasteiger partial charge in [0, 0.05) is 5.39 Å². The number of rotatable bonds is 7. The lowest BCUT2D eigenvalue weighted by atomic mass is 10.1. The molecule has 1 unspecified atom stereocenters. The fourth-order valence-electron chi connectivity index (χ4n) is 3.21. The smallest absolute Gasteiger partial charge is 0.345 e. The van der Waals surface area contributed by atoms with Crippen molar-refractivity contribution < 1.29 is 19.1 Å². The van der Waals surface area contributed by atoms with E-state index in [4.69, 9.17) is 21.1 Å². The minimum Gasteiger partial charge on any atom is -0.480 e. The molecule has 4 aromatic carbocycles. The van der Waals surface area contributed by atoms with E-state index in [1.807, 2.05) is 42.5 Å². The van der Waals surface area contributed by atoms with Crippen LogP contribution in [-0.4, -0.2) is 24.2 Å². The van der Waals surface area contributed by atoms with E-state index in [0.29, 0.717) is 22.1 Å². The van der Waals surface area contributed by atoms with Gasteiger partial charge in [-0.2, -0.15) is 5.10 Å². The van der Waals surface area contributed by atoms with Gasteiger partial charge in [0.1, 0.15) is 11.5 Å². The summed E-state index contributed by atoms with van der Waals surface area (Å²) >= 11 is 6.02. The van der Waals surface area contributed by atoms with Gasteiger partial charge in [-0.15, -0.1) is 0 Å². The summed E-state index contributed by atoms with van der Waals surface area (Å²) in [6.45, 7) is 1.66. The topological polar surface area (TPSA) is 77.0 Å². The fourth-order valence-corrected chi connectivity index (χ4v) is 3.43. The van der Waals surface area contributed by atoms with E-state index < -0.39 is 12.1 Å². The van der Waals surface area contributed by atoms with Gasteiger partial charge < -0.3 is 9.47 Å². The minimum absolute atomic E-state index is 0.289. The molecule has 0 bridgehead atoms. The lowest BCUT2D eigenvalue weighted by molar-refractivity contribution is -0.127. The van der Waals surface area contributed by atoms with Crippen LogP contribution in [0.2, 0.25) is 5.02 Å².